The SMILES string of the molecule is CC(Oc1ccc(C(=O)C2CC2)cc1)c1coc(-c2ccc(NC(N)=O)c(F)c2)n1. The fourth-order valence-electron chi connectivity index (χ4n) is 3.03. The number of hydrogen-bond acceptors (Lipinski definition) is 5. The van der Waals surface area contributed by atoms with Gasteiger partial charge < -0.3 is 20.2 Å². The third-order valence-corrected chi connectivity index (χ3v) is 4.81. The van der Waals surface area contributed by atoms with Gasteiger partial charge in [0, 0.05) is 17.0 Å². The minimum absolute atomic E-state index is 0.0293. The number of ketones is 1. The van der Waals surface area contributed by atoms with Gasteiger partial charge in [-0.15, -0.1) is 0 Å². The lowest BCUT2D eigenvalue weighted by atomic mass is 10.1. The van der Waals surface area contributed by atoms with E-state index in [1.165, 1.54) is 18.4 Å². The van der Waals surface area contributed by atoms with E-state index in [0.29, 0.717) is 22.6 Å². The van der Waals surface area contributed by atoms with E-state index in [-0.39, 0.29) is 23.3 Å². The maximum atomic E-state index is 14.1. The van der Waals surface area contributed by atoms with Crippen molar-refractivity contribution >= 4 is 17.5 Å². The van der Waals surface area contributed by atoms with Gasteiger partial charge in [0.15, 0.2) is 5.78 Å². The molecular formula is C22H20FN3O4. The molecule has 8 heteroatoms. The average molecular weight is 409 g/mol. The first kappa shape index (κ1) is 19.6. The number of carbonyl (C=O) groups is 2. The molecule has 0 aliphatic heterocycles. The fourth-order valence-corrected chi connectivity index (χ4v) is 3.03. The van der Waals surface area contributed by atoms with E-state index in [1.807, 2.05) is 6.92 Å². The largest absolute Gasteiger partial charge is 0.484 e. The summed E-state index contributed by atoms with van der Waals surface area (Å²) < 4.78 is 25.4. The average Bonchev–Trinajstić information content (AvgIpc) is 3.45. The summed E-state index contributed by atoms with van der Waals surface area (Å²) in [5, 5.41) is 2.19. The van der Waals surface area contributed by atoms with Gasteiger partial charge in [-0.1, -0.05) is 0 Å². The maximum Gasteiger partial charge on any atom is 0.316 e. The van der Waals surface area contributed by atoms with Crippen LogP contribution in [0.25, 0.3) is 11.5 Å². The van der Waals surface area contributed by atoms with Crippen LogP contribution in [-0.4, -0.2) is 16.8 Å². The number of rotatable bonds is 7. The number of ether oxygens (including phenoxy) is 1. The standard InChI is InChI=1S/C22H20FN3O4/c1-12(30-16-7-4-14(5-8-16)20(27)13-2-3-13)19-11-29-21(25-19)15-6-9-18(17(23)10-15)26-22(24)28/h4-13H,2-3H2,1H3,(H3,24,26,28). The lowest BCUT2D eigenvalue weighted by Crippen LogP contribution is -2.19. The van der Waals surface area contributed by atoms with Crippen LogP contribution in [-0.2, 0) is 0 Å². The zero-order valence-electron chi connectivity index (χ0n) is 16.2. The monoisotopic (exact) mass is 409 g/mol. The normalized spacial score (nSPS) is 14.2. The molecule has 3 aromatic rings. The molecule has 1 aliphatic carbocycles. The van der Waals surface area contributed by atoms with E-state index < -0.39 is 18.0 Å². The number of halogens is 1. The van der Waals surface area contributed by atoms with Crippen molar-refractivity contribution in [1.29, 1.82) is 0 Å². The number of nitrogens with one attached hydrogen (secondary N) is 1. The van der Waals surface area contributed by atoms with Crippen LogP contribution in [0.2, 0.25) is 0 Å². The summed E-state index contributed by atoms with van der Waals surface area (Å²) in [5.74, 6) is 0.522. The highest BCUT2D eigenvalue weighted by Crippen LogP contribution is 2.33. The number of nitrogens with zero attached hydrogens (tertiary/aromatic N) is 1. The van der Waals surface area contributed by atoms with E-state index in [1.54, 1.807) is 30.3 Å². The Morgan fingerprint density at radius 3 is 2.60 bits per heavy atom. The number of nitrogens with two attached hydrogens (primary N) is 1. The lowest BCUT2D eigenvalue weighted by Gasteiger charge is -2.12. The van der Waals surface area contributed by atoms with Crippen LogP contribution in [0.3, 0.4) is 0 Å². The van der Waals surface area contributed by atoms with Crippen molar-refractivity contribution in [1.82, 2.24) is 4.98 Å². The summed E-state index contributed by atoms with van der Waals surface area (Å²) in [4.78, 5) is 27.3. The summed E-state index contributed by atoms with van der Waals surface area (Å²) in [7, 11) is 0. The molecule has 1 aromatic heterocycles. The van der Waals surface area contributed by atoms with Crippen molar-refractivity contribution in [3.05, 3.63) is 65.8 Å². The predicted octanol–water partition coefficient (Wildman–Crippen LogP) is 4.70. The maximum absolute atomic E-state index is 14.1. The zero-order chi connectivity index (χ0) is 21.3. The van der Waals surface area contributed by atoms with Crippen LogP contribution in [0.5, 0.6) is 5.75 Å². The number of anilines is 1. The molecule has 1 unspecified atom stereocenters. The van der Waals surface area contributed by atoms with Gasteiger partial charge in [0.1, 0.15) is 29.6 Å². The van der Waals surface area contributed by atoms with Crippen molar-refractivity contribution in [3.63, 3.8) is 0 Å². The number of benzene rings is 2. The Hall–Kier alpha value is -3.68. The number of hydrogen-bond donors (Lipinski definition) is 2. The van der Waals surface area contributed by atoms with Gasteiger partial charge in [0.05, 0.1) is 5.69 Å². The lowest BCUT2D eigenvalue weighted by molar-refractivity contribution is 0.0967. The molecule has 1 fully saturated rings. The highest BCUT2D eigenvalue weighted by atomic mass is 19.1. The van der Waals surface area contributed by atoms with Crippen molar-refractivity contribution < 1.29 is 23.1 Å². The van der Waals surface area contributed by atoms with Crippen LogP contribution >= 0.6 is 0 Å². The Balaban J connectivity index is 1.43. The van der Waals surface area contributed by atoms with E-state index in [9.17, 15) is 14.0 Å². The van der Waals surface area contributed by atoms with Crippen molar-refractivity contribution in [2.75, 3.05) is 5.32 Å². The zero-order valence-corrected chi connectivity index (χ0v) is 16.2. The molecule has 1 aliphatic rings. The number of Topliss-reactive ketones (excluding diaryl/α,β-unsaturated/α-hetero) is 1. The summed E-state index contributed by atoms with van der Waals surface area (Å²) in [6.45, 7) is 1.81. The summed E-state index contributed by atoms with van der Waals surface area (Å²) in [6.07, 6.45) is 2.96. The van der Waals surface area contributed by atoms with Gasteiger partial charge >= 0.3 is 6.03 Å². The number of primary amides is 1. The van der Waals surface area contributed by atoms with Gasteiger partial charge in [-0.3, -0.25) is 4.79 Å². The van der Waals surface area contributed by atoms with E-state index >= 15 is 0 Å². The number of carbonyl (C=O) groups excluding carboxylic acids is 2. The van der Waals surface area contributed by atoms with Gasteiger partial charge in [-0.25, -0.2) is 14.2 Å². The molecule has 30 heavy (non-hydrogen) atoms. The molecule has 1 saturated carbocycles. The molecule has 0 bridgehead atoms. The molecular weight excluding hydrogens is 389 g/mol. The van der Waals surface area contributed by atoms with Gasteiger partial charge in [0.25, 0.3) is 0 Å². The molecule has 4 rings (SSSR count). The number of oxazole rings is 1. The molecule has 1 atom stereocenters. The molecule has 7 nitrogen and oxygen atoms in total. The third kappa shape index (κ3) is 4.32. The second-order valence-corrected chi connectivity index (χ2v) is 7.18. The highest BCUT2D eigenvalue weighted by Gasteiger charge is 2.30. The van der Waals surface area contributed by atoms with Gasteiger partial charge in [0.2, 0.25) is 5.89 Å². The number of amides is 2. The first-order valence-corrected chi connectivity index (χ1v) is 9.53. The predicted molar refractivity (Wildman–Crippen MR) is 108 cm³/mol. The van der Waals surface area contributed by atoms with Gasteiger partial charge in [-0.05, 0) is 62.2 Å². The molecule has 0 saturated heterocycles. The van der Waals surface area contributed by atoms with Crippen molar-refractivity contribution in [3.8, 4) is 17.2 Å². The molecule has 154 valence electrons. The first-order valence-electron chi connectivity index (χ1n) is 9.53. The molecule has 3 N–H and O–H groups in total. The minimum atomic E-state index is -0.851. The molecule has 2 amide bonds. The van der Waals surface area contributed by atoms with Crippen molar-refractivity contribution in [2.24, 2.45) is 11.7 Å². The Morgan fingerprint density at radius 2 is 1.97 bits per heavy atom. The van der Waals surface area contributed by atoms with Crippen LogP contribution in [0.4, 0.5) is 14.9 Å². The second-order valence-electron chi connectivity index (χ2n) is 7.18. The van der Waals surface area contributed by atoms with Crippen LogP contribution in [0, 0.1) is 11.7 Å². The molecule has 1 heterocycles. The summed E-state index contributed by atoms with van der Waals surface area (Å²) >= 11 is 0. The van der Waals surface area contributed by atoms with Crippen LogP contribution in [0.15, 0.2) is 53.1 Å². The summed E-state index contributed by atoms with van der Waals surface area (Å²) in [6, 6.07) is 10.3. The quantitative estimate of drug-likeness (QED) is 0.550. The Labute approximate surface area is 172 Å². The van der Waals surface area contributed by atoms with E-state index in [0.717, 1.165) is 12.8 Å². The Kier molecular flexibility index (Phi) is 5.22. The van der Waals surface area contributed by atoms with Crippen LogP contribution in [0.1, 0.15) is 41.9 Å². The van der Waals surface area contributed by atoms with Crippen LogP contribution < -0.4 is 15.8 Å². The first-order chi connectivity index (χ1) is 14.4. The number of urea groups is 1. The topological polar surface area (TPSA) is 107 Å². The minimum Gasteiger partial charge on any atom is -0.484 e. The van der Waals surface area contributed by atoms with Crippen molar-refractivity contribution in [2.45, 2.75) is 25.9 Å². The fraction of sp³-hybridized carbons (Fsp3) is 0.227. The second kappa shape index (κ2) is 7.98. The Bertz CT molecular complexity index is 1090. The summed E-state index contributed by atoms with van der Waals surface area (Å²) in [5.41, 5.74) is 6.60. The molecule has 2 aromatic carbocycles. The third-order valence-electron chi connectivity index (χ3n) is 4.81. The Morgan fingerprint density at radius 1 is 1.23 bits per heavy atom. The van der Waals surface area contributed by atoms with Gasteiger partial charge in [-0.2, -0.15) is 0 Å². The smallest absolute Gasteiger partial charge is 0.316 e. The highest BCUT2D eigenvalue weighted by molar-refractivity contribution is 5.99. The van der Waals surface area contributed by atoms with E-state index in [2.05, 4.69) is 10.3 Å². The molecule has 0 radical (unpaired) electrons. The van der Waals surface area contributed by atoms with E-state index in [4.69, 9.17) is 14.9 Å². The number of aromatic nitrogens is 1. The molecule has 0 spiro atoms.